The number of hydrogen-bond acceptors (Lipinski definition) is 7. The summed E-state index contributed by atoms with van der Waals surface area (Å²) in [7, 11) is 0. The second kappa shape index (κ2) is 8.57. The highest BCUT2D eigenvalue weighted by atomic mass is 19.1. The Bertz CT molecular complexity index is 1460. The number of halogens is 1. The van der Waals surface area contributed by atoms with Gasteiger partial charge in [0.2, 0.25) is 0 Å². The van der Waals surface area contributed by atoms with Gasteiger partial charge in [0, 0.05) is 36.1 Å². The number of aromatic nitrogens is 2. The molecule has 186 valence electrons. The lowest BCUT2D eigenvalue weighted by molar-refractivity contribution is 0.0251. The summed E-state index contributed by atoms with van der Waals surface area (Å²) in [5, 5.41) is 26.4. The van der Waals surface area contributed by atoms with Crippen LogP contribution < -0.4 is 15.0 Å². The minimum atomic E-state index is -1.09. The van der Waals surface area contributed by atoms with Gasteiger partial charge in [0.05, 0.1) is 5.60 Å². The molecule has 3 N–H and O–H groups in total. The predicted molar refractivity (Wildman–Crippen MR) is 138 cm³/mol. The number of anilines is 1. The number of rotatable bonds is 5. The number of aromatic hydroxyl groups is 1. The second-order valence-corrected chi connectivity index (χ2v) is 10.5. The van der Waals surface area contributed by atoms with Gasteiger partial charge in [-0.05, 0) is 61.2 Å². The van der Waals surface area contributed by atoms with Crippen molar-refractivity contribution in [2.75, 3.05) is 24.6 Å². The van der Waals surface area contributed by atoms with Crippen LogP contribution in [0.3, 0.4) is 0 Å². The Labute approximate surface area is 208 Å². The molecule has 2 bridgehead atoms. The zero-order valence-corrected chi connectivity index (χ0v) is 20.3. The molecule has 6 rings (SSSR count). The number of nitrogens with one attached hydrogen (secondary N) is 1. The van der Waals surface area contributed by atoms with Crippen LogP contribution in [-0.4, -0.2) is 57.6 Å². The fraction of sp³-hybridized carbons (Fsp3) is 0.357. The van der Waals surface area contributed by atoms with E-state index in [0.29, 0.717) is 34.4 Å². The van der Waals surface area contributed by atoms with Crippen LogP contribution in [0.4, 0.5) is 10.2 Å². The molecule has 2 fully saturated rings. The summed E-state index contributed by atoms with van der Waals surface area (Å²) in [6.07, 6.45) is 2.21. The SMILES string of the molecule is CC(C)(O)COc1nc(N2C[C@H]3CC[C@@H](C2)N3)c2ccc(-c3cc(O)cc4ccccc34)c(F)c2n1. The summed E-state index contributed by atoms with van der Waals surface area (Å²) in [6.45, 7) is 4.79. The number of phenolic OH excluding ortho intramolecular Hbond substituents is 1. The van der Waals surface area contributed by atoms with Crippen molar-refractivity contribution in [3.8, 4) is 22.9 Å². The lowest BCUT2D eigenvalue weighted by atomic mass is 9.96. The van der Waals surface area contributed by atoms with E-state index in [1.165, 1.54) is 0 Å². The number of piperazine rings is 1. The molecule has 1 aromatic heterocycles. The van der Waals surface area contributed by atoms with E-state index in [4.69, 9.17) is 4.74 Å². The minimum Gasteiger partial charge on any atom is -0.508 e. The molecule has 2 aliphatic rings. The molecule has 2 aliphatic heterocycles. The highest BCUT2D eigenvalue weighted by Crippen LogP contribution is 2.38. The van der Waals surface area contributed by atoms with Gasteiger partial charge in [0.1, 0.15) is 23.7 Å². The highest BCUT2D eigenvalue weighted by molar-refractivity contribution is 6.01. The summed E-state index contributed by atoms with van der Waals surface area (Å²) in [5.74, 6) is 0.200. The summed E-state index contributed by atoms with van der Waals surface area (Å²) in [6, 6.07) is 15.2. The third kappa shape index (κ3) is 4.20. The Balaban J connectivity index is 1.53. The van der Waals surface area contributed by atoms with Crippen LogP contribution in [0.1, 0.15) is 26.7 Å². The Morgan fingerprint density at radius 2 is 1.78 bits per heavy atom. The summed E-state index contributed by atoms with van der Waals surface area (Å²) >= 11 is 0. The average molecular weight is 489 g/mol. The van der Waals surface area contributed by atoms with Crippen LogP contribution >= 0.6 is 0 Å². The molecule has 0 amide bonds. The van der Waals surface area contributed by atoms with Crippen molar-refractivity contribution in [3.05, 3.63) is 54.3 Å². The number of aliphatic hydroxyl groups is 1. The molecule has 8 heteroatoms. The van der Waals surface area contributed by atoms with Gasteiger partial charge in [-0.1, -0.05) is 30.3 Å². The third-order valence-electron chi connectivity index (χ3n) is 6.97. The largest absolute Gasteiger partial charge is 0.508 e. The molecule has 0 aliphatic carbocycles. The average Bonchev–Trinajstić information content (AvgIpc) is 3.19. The predicted octanol–water partition coefficient (Wildman–Crippen LogP) is 4.39. The van der Waals surface area contributed by atoms with E-state index in [9.17, 15) is 10.2 Å². The lowest BCUT2D eigenvalue weighted by Gasteiger charge is -2.34. The molecule has 4 aromatic rings. The van der Waals surface area contributed by atoms with E-state index in [0.717, 1.165) is 36.7 Å². The second-order valence-electron chi connectivity index (χ2n) is 10.5. The van der Waals surface area contributed by atoms with Crippen LogP contribution in [0.15, 0.2) is 48.5 Å². The highest BCUT2D eigenvalue weighted by Gasteiger charge is 2.34. The fourth-order valence-electron chi connectivity index (χ4n) is 5.37. The molecule has 3 heterocycles. The number of hydrogen-bond donors (Lipinski definition) is 3. The van der Waals surface area contributed by atoms with E-state index in [1.807, 2.05) is 30.3 Å². The smallest absolute Gasteiger partial charge is 0.319 e. The van der Waals surface area contributed by atoms with Crippen LogP contribution in [0.5, 0.6) is 11.8 Å². The zero-order chi connectivity index (χ0) is 25.0. The van der Waals surface area contributed by atoms with Crippen LogP contribution in [0, 0.1) is 5.82 Å². The molecule has 0 radical (unpaired) electrons. The van der Waals surface area contributed by atoms with Gasteiger partial charge in [-0.2, -0.15) is 9.97 Å². The molecule has 36 heavy (non-hydrogen) atoms. The van der Waals surface area contributed by atoms with Crippen molar-refractivity contribution in [3.63, 3.8) is 0 Å². The van der Waals surface area contributed by atoms with E-state index in [1.54, 1.807) is 32.0 Å². The maximum absolute atomic E-state index is 16.3. The topological polar surface area (TPSA) is 90.7 Å². The number of benzene rings is 3. The van der Waals surface area contributed by atoms with Crippen molar-refractivity contribution in [2.45, 2.75) is 44.4 Å². The molecular weight excluding hydrogens is 459 g/mol. The first-order chi connectivity index (χ1) is 17.2. The number of nitrogens with zero attached hydrogens (tertiary/aromatic N) is 3. The maximum atomic E-state index is 16.3. The zero-order valence-electron chi connectivity index (χ0n) is 20.3. The van der Waals surface area contributed by atoms with Crippen molar-refractivity contribution < 1.29 is 19.3 Å². The van der Waals surface area contributed by atoms with Gasteiger partial charge >= 0.3 is 6.01 Å². The van der Waals surface area contributed by atoms with Crippen molar-refractivity contribution in [1.82, 2.24) is 15.3 Å². The fourth-order valence-corrected chi connectivity index (χ4v) is 5.37. The first-order valence-corrected chi connectivity index (χ1v) is 12.3. The van der Waals surface area contributed by atoms with Crippen LogP contribution in [-0.2, 0) is 0 Å². The summed E-state index contributed by atoms with van der Waals surface area (Å²) in [5.41, 5.74) is -0.00741. The molecule has 2 atom stereocenters. The normalized spacial score (nSPS) is 19.8. The summed E-state index contributed by atoms with van der Waals surface area (Å²) < 4.78 is 22.0. The van der Waals surface area contributed by atoms with Crippen molar-refractivity contribution >= 4 is 27.5 Å². The van der Waals surface area contributed by atoms with E-state index < -0.39 is 11.4 Å². The monoisotopic (exact) mass is 488 g/mol. The van der Waals surface area contributed by atoms with E-state index >= 15 is 4.39 Å². The van der Waals surface area contributed by atoms with Gasteiger partial charge in [0.15, 0.2) is 5.82 Å². The van der Waals surface area contributed by atoms with E-state index in [-0.39, 0.29) is 23.9 Å². The lowest BCUT2D eigenvalue weighted by Crippen LogP contribution is -2.51. The van der Waals surface area contributed by atoms with Crippen molar-refractivity contribution in [1.29, 1.82) is 0 Å². The number of phenols is 1. The van der Waals surface area contributed by atoms with Crippen molar-refractivity contribution in [2.24, 2.45) is 0 Å². The number of ether oxygens (including phenoxy) is 1. The Morgan fingerprint density at radius 3 is 2.53 bits per heavy atom. The minimum absolute atomic E-state index is 0.0245. The van der Waals surface area contributed by atoms with Gasteiger partial charge in [-0.15, -0.1) is 0 Å². The standard InChI is InChI=1S/C28H29FN4O3/c1-28(2,35)15-36-27-31-25-22(26(32-27)33-13-17-7-8-18(14-33)30-17)10-9-21(24(25)29)23-12-19(34)11-16-5-3-4-6-20(16)23/h3-6,9-12,17-18,30,34-35H,7-8,13-15H2,1-2H3/t17-,18+. The first kappa shape index (κ1) is 22.9. The quantitative estimate of drug-likeness (QED) is 0.384. The van der Waals surface area contributed by atoms with Gasteiger partial charge in [-0.3, -0.25) is 0 Å². The maximum Gasteiger partial charge on any atom is 0.319 e. The Kier molecular flexibility index (Phi) is 5.46. The molecule has 7 nitrogen and oxygen atoms in total. The molecule has 3 aromatic carbocycles. The van der Waals surface area contributed by atoms with Gasteiger partial charge < -0.3 is 25.2 Å². The summed E-state index contributed by atoms with van der Waals surface area (Å²) in [4.78, 5) is 11.3. The molecule has 0 saturated carbocycles. The Hall–Kier alpha value is -3.49. The molecule has 0 spiro atoms. The van der Waals surface area contributed by atoms with Gasteiger partial charge in [0.25, 0.3) is 0 Å². The number of fused-ring (bicyclic) bond motifs is 4. The third-order valence-corrected chi connectivity index (χ3v) is 6.97. The Morgan fingerprint density at radius 1 is 1.03 bits per heavy atom. The molecule has 0 unspecified atom stereocenters. The van der Waals surface area contributed by atoms with E-state index in [2.05, 4.69) is 20.2 Å². The molecular formula is C28H29FN4O3. The van der Waals surface area contributed by atoms with Crippen LogP contribution in [0.25, 0.3) is 32.8 Å². The molecule has 2 saturated heterocycles. The van der Waals surface area contributed by atoms with Gasteiger partial charge in [-0.25, -0.2) is 4.39 Å². The van der Waals surface area contributed by atoms with Crippen LogP contribution in [0.2, 0.25) is 0 Å². The first-order valence-electron chi connectivity index (χ1n) is 12.3.